The number of benzene rings is 4. The maximum absolute atomic E-state index is 14.8. The predicted octanol–water partition coefficient (Wildman–Crippen LogP) is 0.0962. The predicted molar refractivity (Wildman–Crippen MR) is 407 cm³/mol. The molecule has 33 nitrogen and oxygen atoms in total. The van der Waals surface area contributed by atoms with Gasteiger partial charge in [-0.25, -0.2) is 9.37 Å². The van der Waals surface area contributed by atoms with Crippen molar-refractivity contribution >= 4 is 116 Å². The second-order valence-electron chi connectivity index (χ2n) is 27.6. The molecule has 0 radical (unpaired) electrons. The molecule has 2 unspecified atom stereocenters. The van der Waals surface area contributed by atoms with Crippen LogP contribution in [0.3, 0.4) is 0 Å². The van der Waals surface area contributed by atoms with Crippen molar-refractivity contribution in [3.8, 4) is 22.5 Å². The minimum Gasteiger partial charge on any atom is -0.481 e. The molecule has 108 heavy (non-hydrogen) atoms. The standard InChI is InChI=1S/C74H99N17O16S/c1-12-38(4)62(87-72(104)63(40(6)92)88-70(102)61(78-7)37(2)3)71(103)85-54(33-59(94)95)68(100)82-39(5)65(97)84-53(29-42-34-81-51-17-14-13-16-46(42)51)69(101)83-52(18-15-25-80-74(76)77)67(99)86-55(64(75)96)36-108-45-32-58(93)91(35-45)27-26-79-66(98)41-19-22-47(73(105)106)50(28-41)60-48-23-20-43(89(8)9)30-56(48)107-57-31-44(90(10)11)21-24-49(57)60/h13-14,16-17,19-24,28,30-31,34,37-40,45,52-55,61-63,78,81,92H,12,15,18,25-27,29,32-33,35-36H2,1-11H3,(H15-,75,76,77,79,80,82,83,84,85,86,87,88,94,95,96,97,98,99,100,101,102,103,104,105,106)/p+1/t38-,39-,40+,45?,52-,53-,54-,55?,61-,62-,63-/m0/s1. The summed E-state index contributed by atoms with van der Waals surface area (Å²) in [5, 5.41) is 66.5. The van der Waals surface area contributed by atoms with Gasteiger partial charge in [0.1, 0.15) is 67.7 Å². The molecule has 2 aliphatic heterocycles. The van der Waals surface area contributed by atoms with Crippen LogP contribution in [0.5, 0.6) is 0 Å². The number of carboxylic acids is 2. The number of nitrogens with zero attached hydrogens (tertiary/aromatic N) is 3. The number of aliphatic hydroxyl groups excluding tert-OH is 1. The van der Waals surface area contributed by atoms with E-state index in [4.69, 9.17) is 21.3 Å². The average Bonchev–Trinajstić information content (AvgIpc) is 0.899. The van der Waals surface area contributed by atoms with E-state index in [-0.39, 0.29) is 98.5 Å². The molecule has 3 aromatic carbocycles. The molecule has 0 saturated carbocycles. The molecular weight excluding hydrogens is 1410 g/mol. The fourth-order valence-electron chi connectivity index (χ4n) is 12.4. The van der Waals surface area contributed by atoms with Gasteiger partial charge in [-0.3, -0.25) is 58.1 Å². The number of anilines is 1. The molecule has 0 bridgehead atoms. The van der Waals surface area contributed by atoms with E-state index in [0.29, 0.717) is 44.3 Å². The lowest BCUT2D eigenvalue weighted by molar-refractivity contribution is -0.142. The number of aliphatic hydroxyl groups is 1. The van der Waals surface area contributed by atoms with Gasteiger partial charge in [0.15, 0.2) is 5.96 Å². The molecule has 1 aromatic heterocycles. The molecule has 1 aliphatic carbocycles. The number of hydrogen-bond acceptors (Lipinski definition) is 18. The number of nitrogens with two attached hydrogens (primary N) is 2. The number of fused-ring (bicyclic) bond motifs is 3. The first-order valence-corrected chi connectivity index (χ1v) is 36.5. The van der Waals surface area contributed by atoms with E-state index in [1.54, 1.807) is 65.2 Å². The number of para-hydroxylation sites is 1. The Bertz CT molecular complexity index is 4380. The number of aromatic nitrogens is 1. The maximum Gasteiger partial charge on any atom is 0.336 e. The lowest BCUT2D eigenvalue weighted by atomic mass is 9.89. The molecule has 10 amide bonds. The number of H-pyrrole nitrogens is 1. The third-order valence-corrected chi connectivity index (χ3v) is 20.1. The highest BCUT2D eigenvalue weighted by Crippen LogP contribution is 2.42. The summed E-state index contributed by atoms with van der Waals surface area (Å²) >= 11 is 1.18. The van der Waals surface area contributed by atoms with Crippen LogP contribution in [0.25, 0.3) is 44.3 Å². The molecule has 19 N–H and O–H groups in total. The van der Waals surface area contributed by atoms with Crippen LogP contribution < -0.4 is 79.5 Å². The second-order valence-corrected chi connectivity index (χ2v) is 28.9. The minimum atomic E-state index is -1.86. The largest absolute Gasteiger partial charge is 0.481 e. The number of aromatic carboxylic acids is 1. The fourth-order valence-corrected chi connectivity index (χ4v) is 13.7. The molecule has 582 valence electrons. The number of primary amides is 1. The number of guanidine groups is 1. The summed E-state index contributed by atoms with van der Waals surface area (Å²) in [7, 11) is 9.10. The Morgan fingerprint density at radius 3 is 2.01 bits per heavy atom. The number of hydrogen-bond donors (Lipinski definition) is 17. The van der Waals surface area contributed by atoms with Crippen LogP contribution in [0.2, 0.25) is 0 Å². The lowest BCUT2D eigenvalue weighted by Crippen LogP contribution is -2.62. The third kappa shape index (κ3) is 22.2. The van der Waals surface area contributed by atoms with Gasteiger partial charge in [0.05, 0.1) is 30.2 Å². The van der Waals surface area contributed by atoms with Crippen LogP contribution in [0.1, 0.15) is 99.9 Å². The van der Waals surface area contributed by atoms with E-state index in [2.05, 4.69) is 58.2 Å². The summed E-state index contributed by atoms with van der Waals surface area (Å²) in [6.45, 7) is 9.65. The Morgan fingerprint density at radius 2 is 1.37 bits per heavy atom. The van der Waals surface area contributed by atoms with Gasteiger partial charge < -0.3 is 99.2 Å². The van der Waals surface area contributed by atoms with Crippen molar-refractivity contribution in [1.82, 2.24) is 67.6 Å². The van der Waals surface area contributed by atoms with Crippen molar-refractivity contribution in [2.45, 2.75) is 140 Å². The van der Waals surface area contributed by atoms with Gasteiger partial charge in [0.25, 0.3) is 5.91 Å². The van der Waals surface area contributed by atoms with E-state index < -0.39 is 137 Å². The summed E-state index contributed by atoms with van der Waals surface area (Å²) in [4.78, 5) is 171. The van der Waals surface area contributed by atoms with Gasteiger partial charge in [-0.1, -0.05) is 52.3 Å². The number of likely N-dealkylation sites (tertiary alicyclic amines) is 1. The zero-order chi connectivity index (χ0) is 79.5. The summed E-state index contributed by atoms with van der Waals surface area (Å²) < 4.78 is 8.36. The van der Waals surface area contributed by atoms with E-state index in [0.717, 1.165) is 11.0 Å². The monoisotopic (exact) mass is 1510 g/mol. The summed E-state index contributed by atoms with van der Waals surface area (Å²) in [5.74, 6) is -11.9. The van der Waals surface area contributed by atoms with E-state index in [1.165, 1.54) is 48.7 Å². The number of nitrogens with one attached hydrogen (secondary N) is 12. The molecule has 3 aliphatic rings. The molecule has 1 saturated heterocycles. The van der Waals surface area contributed by atoms with Gasteiger partial charge in [0.2, 0.25) is 58.5 Å². The first-order chi connectivity index (χ1) is 51.1. The van der Waals surface area contributed by atoms with Crippen LogP contribution in [0, 0.1) is 17.2 Å². The van der Waals surface area contributed by atoms with Gasteiger partial charge in [-0.05, 0) is 99.2 Å². The Labute approximate surface area is 628 Å². The number of aromatic amines is 1. The van der Waals surface area contributed by atoms with Crippen LogP contribution in [0.15, 0.2) is 89.5 Å². The molecule has 34 heteroatoms. The Kier molecular flexibility index (Phi) is 29.9. The Morgan fingerprint density at radius 1 is 0.722 bits per heavy atom. The highest BCUT2D eigenvalue weighted by Gasteiger charge is 2.39. The molecule has 4 aromatic rings. The highest BCUT2D eigenvalue weighted by molar-refractivity contribution is 8.00. The van der Waals surface area contributed by atoms with Crippen molar-refractivity contribution < 1.29 is 77.3 Å². The van der Waals surface area contributed by atoms with Crippen LogP contribution in [-0.2, 0) is 54.4 Å². The van der Waals surface area contributed by atoms with Gasteiger partial charge in [-0.2, -0.15) is 11.8 Å². The van der Waals surface area contributed by atoms with E-state index in [9.17, 15) is 72.9 Å². The number of thioether (sulfide) groups is 1. The Hall–Kier alpha value is -11.1. The average molecular weight is 1520 g/mol. The quantitative estimate of drug-likeness (QED) is 0.00803. The van der Waals surface area contributed by atoms with Crippen molar-refractivity contribution in [2.75, 3.05) is 72.1 Å². The minimum absolute atomic E-state index is 0.00188. The van der Waals surface area contributed by atoms with Gasteiger partial charge in [0, 0.05) is 121 Å². The maximum atomic E-state index is 14.8. The molecule has 11 atom stereocenters. The molecule has 7 rings (SSSR count). The molecule has 0 spiro atoms. The van der Waals surface area contributed by atoms with Gasteiger partial charge in [-0.15, -0.1) is 0 Å². The van der Waals surface area contributed by atoms with Crippen molar-refractivity contribution in [1.29, 1.82) is 5.41 Å². The number of amides is 10. The van der Waals surface area contributed by atoms with E-state index in [1.807, 2.05) is 74.1 Å². The van der Waals surface area contributed by atoms with Crippen molar-refractivity contribution in [3.63, 3.8) is 0 Å². The third-order valence-electron chi connectivity index (χ3n) is 18.7. The van der Waals surface area contributed by atoms with Gasteiger partial charge >= 0.3 is 11.9 Å². The summed E-state index contributed by atoms with van der Waals surface area (Å²) in [6.07, 6.45) is -0.778. The second kappa shape index (κ2) is 38.4. The van der Waals surface area contributed by atoms with Crippen LogP contribution in [0.4, 0.5) is 5.69 Å². The number of likely N-dealkylation sites (N-methyl/N-ethyl adjacent to an activating group) is 1. The summed E-state index contributed by atoms with van der Waals surface area (Å²) in [5.41, 5.74) is 15.5. The topological polar surface area (TPSA) is 500 Å². The lowest BCUT2D eigenvalue weighted by Gasteiger charge is -2.30. The number of carbonyl (C=O) groups excluding carboxylic acids is 10. The zero-order valence-corrected chi connectivity index (χ0v) is 63.2. The van der Waals surface area contributed by atoms with Crippen LogP contribution in [-0.4, -0.2) is 229 Å². The number of carbonyl (C=O) groups is 12. The molecule has 3 heterocycles. The first kappa shape index (κ1) is 84.1. The molecular formula is C74H100N17O16S+. The zero-order valence-electron chi connectivity index (χ0n) is 62.3. The number of rotatable bonds is 38. The number of aliphatic carboxylic acids is 1. The van der Waals surface area contributed by atoms with E-state index >= 15 is 0 Å². The highest BCUT2D eigenvalue weighted by atomic mass is 32.2. The SMILES string of the molecule is CC[C@H](C)[C@H](NC(=O)[C@@H](NC(=O)[C@@H](NC)C(C)C)[C@@H](C)O)C(=O)N[C@@H](CC(=O)O)C(=O)N[C@@H](C)C(=O)N[C@@H](Cc1c[nH]c2ccccc12)C(=O)N[C@@H](CCCNC(=N)N)C(=O)NC(CSC1CC(=O)N(CCNC(=O)c2ccc(C(=O)O)c(-c3c4ccc(=[N+](C)C)cc-4oc4cc(N(C)C)ccc34)c2)C1)C(N)=O. The first-order valence-electron chi connectivity index (χ1n) is 35.5. The number of carboxylic acid groups (broad SMARTS) is 2. The van der Waals surface area contributed by atoms with Crippen molar-refractivity contribution in [3.05, 3.63) is 107 Å². The molecule has 1 fully saturated rings. The van der Waals surface area contributed by atoms with Crippen molar-refractivity contribution in [2.24, 2.45) is 23.3 Å². The summed E-state index contributed by atoms with van der Waals surface area (Å²) in [6, 6.07) is 11.1. The van der Waals surface area contributed by atoms with Crippen LogP contribution >= 0.6 is 11.8 Å². The fraction of sp³-hybridized carbons (Fsp3) is 0.459. The normalized spacial score (nSPS) is 15.6. The smallest absolute Gasteiger partial charge is 0.336 e. The Balaban J connectivity index is 1.02.